The minimum atomic E-state index is -0.406. The average Bonchev–Trinajstić information content (AvgIpc) is 3.29. The maximum Gasteiger partial charge on any atom is 0.258 e. The summed E-state index contributed by atoms with van der Waals surface area (Å²) in [5.41, 5.74) is 0.900. The predicted octanol–water partition coefficient (Wildman–Crippen LogP) is 3.54. The van der Waals surface area contributed by atoms with Crippen LogP contribution in [0.25, 0.3) is 11.5 Å². The van der Waals surface area contributed by atoms with E-state index in [0.29, 0.717) is 18.1 Å². The summed E-state index contributed by atoms with van der Waals surface area (Å²) < 4.78 is 11.2. The Bertz CT molecular complexity index is 635. The van der Waals surface area contributed by atoms with E-state index in [4.69, 9.17) is 9.26 Å². The van der Waals surface area contributed by atoms with Crippen molar-refractivity contribution in [2.24, 2.45) is 0 Å². The van der Waals surface area contributed by atoms with Gasteiger partial charge in [-0.25, -0.2) is 0 Å². The molecule has 6 nitrogen and oxygen atoms in total. The van der Waals surface area contributed by atoms with Crippen molar-refractivity contribution in [3.05, 3.63) is 22.7 Å². The van der Waals surface area contributed by atoms with Gasteiger partial charge in [0.15, 0.2) is 5.82 Å². The highest BCUT2D eigenvalue weighted by Gasteiger charge is 2.23. The molecule has 0 aliphatic heterocycles. The second-order valence-corrected chi connectivity index (χ2v) is 6.82. The van der Waals surface area contributed by atoms with Crippen LogP contribution in [0.5, 0.6) is 0 Å². The fraction of sp³-hybridized carbons (Fsp3) is 0.588. The number of carbonyl (C=O) groups is 1. The molecule has 0 radical (unpaired) electrons. The van der Waals surface area contributed by atoms with E-state index in [2.05, 4.69) is 15.5 Å². The van der Waals surface area contributed by atoms with Gasteiger partial charge >= 0.3 is 0 Å². The number of aromatic nitrogens is 2. The summed E-state index contributed by atoms with van der Waals surface area (Å²) in [6, 6.07) is 1.92. The molecule has 130 valence electrons. The number of hydrogen-bond donors (Lipinski definition) is 1. The fourth-order valence-electron chi connectivity index (χ4n) is 2.89. The molecule has 0 unspecified atom stereocenters. The highest BCUT2D eigenvalue weighted by molar-refractivity contribution is 7.08. The summed E-state index contributed by atoms with van der Waals surface area (Å²) in [5.74, 6) is 0.841. The van der Waals surface area contributed by atoms with E-state index < -0.39 is 6.10 Å². The Labute approximate surface area is 145 Å². The van der Waals surface area contributed by atoms with Crippen LogP contribution in [0.3, 0.4) is 0 Å². The zero-order chi connectivity index (χ0) is 16.8. The smallest absolute Gasteiger partial charge is 0.258 e. The van der Waals surface area contributed by atoms with Crippen molar-refractivity contribution in [2.75, 3.05) is 0 Å². The highest BCUT2D eigenvalue weighted by Crippen LogP contribution is 2.22. The average molecular weight is 349 g/mol. The number of rotatable bonds is 7. The van der Waals surface area contributed by atoms with Gasteiger partial charge < -0.3 is 14.6 Å². The van der Waals surface area contributed by atoms with Gasteiger partial charge in [-0.3, -0.25) is 4.79 Å². The Balaban J connectivity index is 1.50. The van der Waals surface area contributed by atoms with E-state index in [1.54, 1.807) is 11.3 Å². The van der Waals surface area contributed by atoms with Crippen molar-refractivity contribution in [3.8, 4) is 11.5 Å². The molecular formula is C17H23N3O3S. The monoisotopic (exact) mass is 349 g/mol. The molecule has 1 saturated carbocycles. The van der Waals surface area contributed by atoms with Crippen LogP contribution in [0.1, 0.15) is 51.3 Å². The van der Waals surface area contributed by atoms with E-state index >= 15 is 0 Å². The van der Waals surface area contributed by atoms with Crippen molar-refractivity contribution < 1.29 is 14.1 Å². The van der Waals surface area contributed by atoms with Crippen molar-refractivity contribution in [3.63, 3.8) is 0 Å². The standard InChI is InChI=1S/C17H23N3O3S/c1-2-14(22-13-6-4-3-5-7-13)16(21)18-10-15-19-17(23-20-15)12-8-9-24-11-12/h8-9,11,13-14H,2-7,10H2,1H3,(H,18,21)/t14-/m0/s1. The largest absolute Gasteiger partial charge is 0.365 e. The van der Waals surface area contributed by atoms with Crippen molar-refractivity contribution in [1.29, 1.82) is 0 Å². The summed E-state index contributed by atoms with van der Waals surface area (Å²) in [4.78, 5) is 16.6. The Morgan fingerprint density at radius 3 is 3.00 bits per heavy atom. The minimum absolute atomic E-state index is 0.107. The maximum atomic E-state index is 12.3. The molecule has 1 N–H and O–H groups in total. The van der Waals surface area contributed by atoms with Crippen LogP contribution in [0.4, 0.5) is 0 Å². The molecule has 0 aromatic carbocycles. The number of ether oxygens (including phenoxy) is 1. The zero-order valence-corrected chi connectivity index (χ0v) is 14.7. The Hall–Kier alpha value is -1.73. The first-order chi connectivity index (χ1) is 11.8. The molecule has 24 heavy (non-hydrogen) atoms. The van der Waals surface area contributed by atoms with Gasteiger partial charge in [-0.1, -0.05) is 31.3 Å². The molecule has 2 aromatic rings. The second kappa shape index (κ2) is 8.39. The third-order valence-corrected chi connectivity index (χ3v) is 4.91. The van der Waals surface area contributed by atoms with Crippen molar-refractivity contribution >= 4 is 17.2 Å². The van der Waals surface area contributed by atoms with E-state index in [0.717, 1.165) is 18.4 Å². The van der Waals surface area contributed by atoms with Gasteiger partial charge in [0.2, 0.25) is 5.91 Å². The summed E-state index contributed by atoms with van der Waals surface area (Å²) in [6.07, 6.45) is 6.23. The molecule has 1 atom stereocenters. The van der Waals surface area contributed by atoms with Gasteiger partial charge in [0.05, 0.1) is 18.2 Å². The molecule has 1 amide bonds. The predicted molar refractivity (Wildman–Crippen MR) is 91.5 cm³/mol. The quantitative estimate of drug-likeness (QED) is 0.827. The fourth-order valence-corrected chi connectivity index (χ4v) is 3.52. The number of carbonyl (C=O) groups excluding carboxylic acids is 1. The first-order valence-corrected chi connectivity index (χ1v) is 9.49. The molecule has 2 heterocycles. The van der Waals surface area contributed by atoms with Gasteiger partial charge in [-0.2, -0.15) is 16.3 Å². The van der Waals surface area contributed by atoms with E-state index in [9.17, 15) is 4.79 Å². The molecule has 2 aromatic heterocycles. The van der Waals surface area contributed by atoms with E-state index in [1.807, 2.05) is 23.8 Å². The van der Waals surface area contributed by atoms with Crippen LogP contribution in [0.2, 0.25) is 0 Å². The molecule has 1 aliphatic carbocycles. The number of nitrogens with one attached hydrogen (secondary N) is 1. The number of amides is 1. The van der Waals surface area contributed by atoms with Gasteiger partial charge in [-0.05, 0) is 30.7 Å². The lowest BCUT2D eigenvalue weighted by Gasteiger charge is -2.26. The van der Waals surface area contributed by atoms with Gasteiger partial charge in [0.25, 0.3) is 5.89 Å². The van der Waals surface area contributed by atoms with Crippen LogP contribution < -0.4 is 5.32 Å². The summed E-state index contributed by atoms with van der Waals surface area (Å²) in [6.45, 7) is 2.22. The molecule has 0 saturated heterocycles. The Morgan fingerprint density at radius 1 is 1.46 bits per heavy atom. The number of nitrogens with zero attached hydrogens (tertiary/aromatic N) is 2. The first-order valence-electron chi connectivity index (χ1n) is 8.54. The van der Waals surface area contributed by atoms with Crippen LogP contribution in [-0.2, 0) is 16.1 Å². The minimum Gasteiger partial charge on any atom is -0.365 e. The second-order valence-electron chi connectivity index (χ2n) is 6.04. The lowest BCUT2D eigenvalue weighted by Crippen LogP contribution is -2.38. The number of thiophene rings is 1. The van der Waals surface area contributed by atoms with E-state index in [-0.39, 0.29) is 18.6 Å². The summed E-state index contributed by atoms with van der Waals surface area (Å²) >= 11 is 1.57. The lowest BCUT2D eigenvalue weighted by molar-refractivity contribution is -0.138. The van der Waals surface area contributed by atoms with Gasteiger partial charge in [0, 0.05) is 5.38 Å². The Morgan fingerprint density at radius 2 is 2.29 bits per heavy atom. The van der Waals surface area contributed by atoms with Gasteiger partial charge in [0.1, 0.15) is 6.10 Å². The molecule has 1 fully saturated rings. The first kappa shape index (κ1) is 17.1. The maximum absolute atomic E-state index is 12.3. The van der Waals surface area contributed by atoms with Crippen molar-refractivity contribution in [2.45, 2.75) is 64.2 Å². The Kier molecular flexibility index (Phi) is 5.98. The molecule has 3 rings (SSSR count). The topological polar surface area (TPSA) is 77.2 Å². The summed E-state index contributed by atoms with van der Waals surface area (Å²) in [5, 5.41) is 10.7. The molecule has 0 spiro atoms. The zero-order valence-electron chi connectivity index (χ0n) is 13.9. The number of hydrogen-bond acceptors (Lipinski definition) is 6. The molecule has 7 heteroatoms. The third-order valence-electron chi connectivity index (χ3n) is 4.23. The van der Waals surface area contributed by atoms with Crippen LogP contribution in [0.15, 0.2) is 21.3 Å². The van der Waals surface area contributed by atoms with E-state index in [1.165, 1.54) is 19.3 Å². The SMILES string of the molecule is CC[C@H](OC1CCCCC1)C(=O)NCc1noc(-c2ccsc2)n1. The third kappa shape index (κ3) is 4.42. The lowest BCUT2D eigenvalue weighted by atomic mass is 9.97. The molecule has 0 bridgehead atoms. The summed E-state index contributed by atoms with van der Waals surface area (Å²) in [7, 11) is 0. The van der Waals surface area contributed by atoms with Gasteiger partial charge in [-0.15, -0.1) is 0 Å². The normalized spacial score (nSPS) is 16.9. The highest BCUT2D eigenvalue weighted by atomic mass is 32.1. The van der Waals surface area contributed by atoms with Crippen LogP contribution in [-0.4, -0.2) is 28.3 Å². The molecule has 1 aliphatic rings. The molecular weight excluding hydrogens is 326 g/mol. The van der Waals surface area contributed by atoms with Crippen molar-refractivity contribution in [1.82, 2.24) is 15.5 Å². The van der Waals surface area contributed by atoms with Crippen LogP contribution in [0, 0.1) is 0 Å². The van der Waals surface area contributed by atoms with Crippen LogP contribution >= 0.6 is 11.3 Å².